The number of aromatic hydroxyl groups is 1. The fourth-order valence-electron chi connectivity index (χ4n) is 1.00. The lowest BCUT2D eigenvalue weighted by Gasteiger charge is -2.05. The first-order valence-electron chi connectivity index (χ1n) is 4.92. The Labute approximate surface area is 102 Å². The number of esters is 1. The van der Waals surface area contributed by atoms with Gasteiger partial charge in [-0.3, -0.25) is 0 Å². The summed E-state index contributed by atoms with van der Waals surface area (Å²) in [7, 11) is 0. The molecule has 1 N–H and O–H groups in total. The van der Waals surface area contributed by atoms with Gasteiger partial charge in [-0.1, -0.05) is 0 Å². The Morgan fingerprint density at radius 2 is 1.94 bits per heavy atom. The third kappa shape index (κ3) is 5.66. The Kier molecular flexibility index (Phi) is 5.39. The predicted molar refractivity (Wildman–Crippen MR) is 57.5 cm³/mol. The highest BCUT2D eigenvalue weighted by atomic mass is 17.0. The fraction of sp³-hybridized carbons (Fsp3) is 0.300. The van der Waals surface area contributed by atoms with Crippen molar-refractivity contribution < 1.29 is 29.3 Å². The summed E-state index contributed by atoms with van der Waals surface area (Å²) in [5.74, 6) is -0.326. The van der Waals surface area contributed by atoms with Gasteiger partial charge in [0.25, 0.3) is 5.09 Å². The maximum atomic E-state index is 11.2. The summed E-state index contributed by atoms with van der Waals surface area (Å²) in [4.78, 5) is 25.0. The average Bonchev–Trinajstić information content (AvgIpc) is 2.31. The maximum Gasteiger partial charge on any atom is 0.337 e. The van der Waals surface area contributed by atoms with Gasteiger partial charge in [0.15, 0.2) is 0 Å². The largest absolute Gasteiger partial charge is 0.508 e. The zero-order valence-corrected chi connectivity index (χ0v) is 9.27. The van der Waals surface area contributed by atoms with Gasteiger partial charge in [0.05, 0.1) is 6.61 Å². The Morgan fingerprint density at radius 1 is 1.28 bits per heavy atom. The van der Waals surface area contributed by atoms with Crippen molar-refractivity contribution >= 4 is 5.97 Å². The van der Waals surface area contributed by atoms with E-state index in [9.17, 15) is 14.9 Å². The van der Waals surface area contributed by atoms with E-state index >= 15 is 0 Å². The molecule has 0 aliphatic carbocycles. The number of rotatable bonds is 7. The van der Waals surface area contributed by atoms with Crippen LogP contribution in [0.1, 0.15) is 0 Å². The number of carbonyl (C=O) groups is 1. The van der Waals surface area contributed by atoms with Gasteiger partial charge in [-0.25, -0.2) is 4.79 Å². The first-order valence-corrected chi connectivity index (χ1v) is 4.92. The molecule has 0 aromatic heterocycles. The Balaban J connectivity index is 2.17. The number of phenolic OH excluding ortho intramolecular Hbond substituents is 1. The van der Waals surface area contributed by atoms with Crippen LogP contribution >= 0.6 is 0 Å². The van der Waals surface area contributed by atoms with Gasteiger partial charge in [-0.2, -0.15) is 0 Å². The van der Waals surface area contributed by atoms with Gasteiger partial charge < -0.3 is 19.4 Å². The highest BCUT2D eigenvalue weighted by Crippen LogP contribution is 2.15. The molecule has 8 nitrogen and oxygen atoms in total. The molecule has 1 aromatic carbocycles. The van der Waals surface area contributed by atoms with Crippen molar-refractivity contribution in [3.63, 3.8) is 0 Å². The van der Waals surface area contributed by atoms with E-state index < -0.39 is 11.1 Å². The zero-order valence-electron chi connectivity index (χ0n) is 9.27. The van der Waals surface area contributed by atoms with E-state index in [-0.39, 0.29) is 31.3 Å². The van der Waals surface area contributed by atoms with Crippen molar-refractivity contribution in [2.24, 2.45) is 0 Å². The quantitative estimate of drug-likeness (QED) is 0.249. The van der Waals surface area contributed by atoms with E-state index in [1.807, 2.05) is 0 Å². The Bertz CT molecular complexity index is 403. The molecule has 0 aliphatic rings. The molecule has 0 aliphatic heterocycles. The number of hydrogen-bond acceptors (Lipinski definition) is 7. The van der Waals surface area contributed by atoms with Crippen LogP contribution < -0.4 is 4.74 Å². The molecule has 0 fully saturated rings. The molecule has 1 aromatic rings. The fourth-order valence-corrected chi connectivity index (χ4v) is 1.00. The van der Waals surface area contributed by atoms with E-state index in [1.54, 1.807) is 0 Å². The lowest BCUT2D eigenvalue weighted by molar-refractivity contribution is -0.758. The number of ether oxygens (including phenoxy) is 2. The molecule has 0 amide bonds. The van der Waals surface area contributed by atoms with Crippen molar-refractivity contribution in [3.05, 3.63) is 34.4 Å². The van der Waals surface area contributed by atoms with Gasteiger partial charge in [-0.15, -0.1) is 10.1 Å². The third-order valence-electron chi connectivity index (χ3n) is 1.71. The second-order valence-electron chi connectivity index (χ2n) is 3.08. The second-order valence-corrected chi connectivity index (χ2v) is 3.08. The molecule has 0 spiro atoms. The lowest BCUT2D eigenvalue weighted by Crippen LogP contribution is -2.18. The molecular weight excluding hydrogens is 246 g/mol. The van der Waals surface area contributed by atoms with Gasteiger partial charge in [0, 0.05) is 0 Å². The predicted octanol–water partition coefficient (Wildman–Crippen LogP) is 0.523. The van der Waals surface area contributed by atoms with E-state index in [1.165, 1.54) is 24.3 Å². The number of hydrogen-bond donors (Lipinski definition) is 1. The lowest BCUT2D eigenvalue weighted by atomic mass is 10.3. The summed E-state index contributed by atoms with van der Waals surface area (Å²) in [6, 6.07) is 5.58. The molecule has 18 heavy (non-hydrogen) atoms. The van der Waals surface area contributed by atoms with Crippen molar-refractivity contribution in [3.8, 4) is 11.5 Å². The van der Waals surface area contributed by atoms with Crippen LogP contribution in [-0.4, -0.2) is 36.0 Å². The minimum absolute atomic E-state index is 0.0583. The van der Waals surface area contributed by atoms with Crippen LogP contribution in [0.15, 0.2) is 24.3 Å². The number of benzene rings is 1. The molecule has 0 heterocycles. The Morgan fingerprint density at radius 3 is 2.56 bits per heavy atom. The van der Waals surface area contributed by atoms with E-state index in [2.05, 4.69) is 4.84 Å². The van der Waals surface area contributed by atoms with Crippen LogP contribution in [-0.2, 0) is 14.4 Å². The zero-order chi connectivity index (χ0) is 13.4. The maximum absolute atomic E-state index is 11.2. The van der Waals surface area contributed by atoms with Crippen molar-refractivity contribution in [2.75, 3.05) is 19.8 Å². The summed E-state index contributed by atoms with van der Waals surface area (Å²) < 4.78 is 9.64. The molecular formula is C10H11NO7. The summed E-state index contributed by atoms with van der Waals surface area (Å²) in [5, 5.41) is 17.8. The SMILES string of the molecule is O=C(COCCO[N+](=O)[O-])Oc1ccc(O)cc1. The van der Waals surface area contributed by atoms with E-state index in [4.69, 9.17) is 14.6 Å². The second kappa shape index (κ2) is 7.07. The summed E-state index contributed by atoms with van der Waals surface area (Å²) in [5.41, 5.74) is 0. The van der Waals surface area contributed by atoms with Gasteiger partial charge in [0.1, 0.15) is 24.7 Å². The van der Waals surface area contributed by atoms with E-state index in [0.29, 0.717) is 0 Å². The molecule has 0 unspecified atom stereocenters. The molecule has 0 saturated carbocycles. The minimum atomic E-state index is -0.946. The highest BCUT2D eigenvalue weighted by molar-refractivity contribution is 5.73. The van der Waals surface area contributed by atoms with Crippen LogP contribution in [0.25, 0.3) is 0 Å². The van der Waals surface area contributed by atoms with Crippen molar-refractivity contribution in [1.29, 1.82) is 0 Å². The molecule has 0 bridgehead atoms. The van der Waals surface area contributed by atoms with Crippen LogP contribution in [0.3, 0.4) is 0 Å². The normalized spacial score (nSPS) is 9.78. The molecule has 0 radical (unpaired) electrons. The van der Waals surface area contributed by atoms with Gasteiger partial charge in [0.2, 0.25) is 0 Å². The van der Waals surface area contributed by atoms with Crippen LogP contribution in [0.5, 0.6) is 11.5 Å². The third-order valence-corrected chi connectivity index (χ3v) is 1.71. The molecule has 0 atom stereocenters. The van der Waals surface area contributed by atoms with Crippen molar-refractivity contribution in [2.45, 2.75) is 0 Å². The van der Waals surface area contributed by atoms with Gasteiger partial charge in [-0.05, 0) is 24.3 Å². The standard InChI is InChI=1S/C10H11NO7/c12-8-1-3-9(4-2-8)18-10(13)7-16-5-6-17-11(14)15/h1-4,12H,5-7H2. The number of carbonyl (C=O) groups excluding carboxylic acids is 1. The monoisotopic (exact) mass is 257 g/mol. The summed E-state index contributed by atoms with van der Waals surface area (Å²) in [6.07, 6.45) is 0. The molecule has 8 heteroatoms. The topological polar surface area (TPSA) is 108 Å². The first-order chi connectivity index (χ1) is 8.58. The van der Waals surface area contributed by atoms with Crippen molar-refractivity contribution in [1.82, 2.24) is 0 Å². The average molecular weight is 257 g/mol. The molecule has 1 rings (SSSR count). The van der Waals surface area contributed by atoms with E-state index in [0.717, 1.165) is 0 Å². The highest BCUT2D eigenvalue weighted by Gasteiger charge is 2.05. The smallest absolute Gasteiger partial charge is 0.337 e. The Hall–Kier alpha value is -2.35. The van der Waals surface area contributed by atoms with Crippen LogP contribution in [0.2, 0.25) is 0 Å². The molecule has 0 saturated heterocycles. The summed E-state index contributed by atoms with van der Waals surface area (Å²) >= 11 is 0. The molecule has 98 valence electrons. The summed E-state index contributed by atoms with van der Waals surface area (Å²) in [6.45, 7) is -0.687. The van der Waals surface area contributed by atoms with Crippen LogP contribution in [0, 0.1) is 10.1 Å². The number of nitrogens with zero attached hydrogens (tertiary/aromatic N) is 1. The number of phenols is 1. The van der Waals surface area contributed by atoms with Gasteiger partial charge >= 0.3 is 5.97 Å². The first kappa shape index (κ1) is 13.7. The minimum Gasteiger partial charge on any atom is -0.508 e. The van der Waals surface area contributed by atoms with Crippen LogP contribution in [0.4, 0.5) is 0 Å².